The summed E-state index contributed by atoms with van der Waals surface area (Å²) in [5.41, 5.74) is 1.30. The molecule has 1 aromatic carbocycles. The summed E-state index contributed by atoms with van der Waals surface area (Å²) in [6.07, 6.45) is 2.19. The van der Waals surface area contributed by atoms with E-state index in [-0.39, 0.29) is 0 Å². The highest BCUT2D eigenvalue weighted by molar-refractivity contribution is 7.80. The Morgan fingerprint density at radius 3 is 2.82 bits per heavy atom. The van der Waals surface area contributed by atoms with Gasteiger partial charge in [-0.2, -0.15) is 12.6 Å². The number of hydrogen-bond donors (Lipinski definition) is 1. The van der Waals surface area contributed by atoms with Crippen molar-refractivity contribution in [3.8, 4) is 0 Å². The van der Waals surface area contributed by atoms with Gasteiger partial charge >= 0.3 is 0 Å². The van der Waals surface area contributed by atoms with Gasteiger partial charge in [0.2, 0.25) is 0 Å². The minimum atomic E-state index is 0.821. The normalized spacial score (nSPS) is 10.0. The van der Waals surface area contributed by atoms with E-state index in [4.69, 9.17) is 11.6 Å². The standard InChI is InChI=1S/C9H11ClS/c10-9-5-1-3-8(7-9)4-2-6-11/h1,3,5,7,11H,2,4,6H2. The highest BCUT2D eigenvalue weighted by Crippen LogP contribution is 2.11. The van der Waals surface area contributed by atoms with Crippen molar-refractivity contribution in [2.75, 3.05) is 5.75 Å². The first-order chi connectivity index (χ1) is 5.33. The first-order valence-electron chi connectivity index (χ1n) is 3.68. The van der Waals surface area contributed by atoms with Crippen LogP contribution in [0.15, 0.2) is 24.3 Å². The van der Waals surface area contributed by atoms with Gasteiger partial charge < -0.3 is 0 Å². The van der Waals surface area contributed by atoms with Crippen molar-refractivity contribution in [1.82, 2.24) is 0 Å². The van der Waals surface area contributed by atoms with Crippen LogP contribution in [0.25, 0.3) is 0 Å². The molecule has 0 aromatic heterocycles. The van der Waals surface area contributed by atoms with Gasteiger partial charge in [0.05, 0.1) is 0 Å². The summed E-state index contributed by atoms with van der Waals surface area (Å²) in [6.45, 7) is 0. The fourth-order valence-electron chi connectivity index (χ4n) is 0.976. The van der Waals surface area contributed by atoms with Gasteiger partial charge in [-0.3, -0.25) is 0 Å². The fourth-order valence-corrected chi connectivity index (χ4v) is 1.35. The third-order valence-electron chi connectivity index (χ3n) is 1.51. The summed E-state index contributed by atoms with van der Waals surface area (Å²) in [5.74, 6) is 0.937. The minimum Gasteiger partial charge on any atom is -0.179 e. The van der Waals surface area contributed by atoms with E-state index in [1.807, 2.05) is 18.2 Å². The zero-order valence-corrected chi connectivity index (χ0v) is 7.91. The van der Waals surface area contributed by atoms with E-state index in [0.717, 1.165) is 23.6 Å². The Kier molecular flexibility index (Phi) is 3.81. The number of aryl methyl sites for hydroxylation is 1. The number of rotatable bonds is 3. The Bertz CT molecular complexity index is 223. The zero-order valence-electron chi connectivity index (χ0n) is 6.26. The summed E-state index contributed by atoms with van der Waals surface area (Å²) >= 11 is 9.95. The molecule has 0 amide bonds. The van der Waals surface area contributed by atoms with Gasteiger partial charge in [0, 0.05) is 5.02 Å². The van der Waals surface area contributed by atoms with Gasteiger partial charge in [-0.15, -0.1) is 0 Å². The Hall–Kier alpha value is -0.140. The van der Waals surface area contributed by atoms with Crippen LogP contribution < -0.4 is 0 Å². The second-order valence-electron chi connectivity index (χ2n) is 2.46. The van der Waals surface area contributed by atoms with Gasteiger partial charge in [0.15, 0.2) is 0 Å². The number of benzene rings is 1. The Labute approximate surface area is 78.0 Å². The molecule has 0 fully saturated rings. The summed E-state index contributed by atoms with van der Waals surface area (Å²) in [6, 6.07) is 7.97. The van der Waals surface area contributed by atoms with Crippen molar-refractivity contribution in [2.24, 2.45) is 0 Å². The molecule has 0 radical (unpaired) electrons. The van der Waals surface area contributed by atoms with Gasteiger partial charge in [0.25, 0.3) is 0 Å². The zero-order chi connectivity index (χ0) is 8.10. The van der Waals surface area contributed by atoms with Crippen molar-refractivity contribution >= 4 is 24.2 Å². The Morgan fingerprint density at radius 2 is 2.18 bits per heavy atom. The van der Waals surface area contributed by atoms with E-state index in [1.165, 1.54) is 5.56 Å². The molecule has 0 saturated carbocycles. The quantitative estimate of drug-likeness (QED) is 0.689. The maximum atomic E-state index is 5.80. The molecule has 1 aromatic rings. The molecule has 0 saturated heterocycles. The van der Waals surface area contributed by atoms with Crippen LogP contribution in [-0.2, 0) is 6.42 Å². The van der Waals surface area contributed by atoms with Crippen LogP contribution in [0.3, 0.4) is 0 Å². The number of hydrogen-bond acceptors (Lipinski definition) is 1. The highest BCUT2D eigenvalue weighted by atomic mass is 35.5. The van der Waals surface area contributed by atoms with Crippen molar-refractivity contribution in [3.05, 3.63) is 34.9 Å². The third-order valence-corrected chi connectivity index (χ3v) is 2.06. The first-order valence-corrected chi connectivity index (χ1v) is 4.69. The van der Waals surface area contributed by atoms with E-state index in [0.29, 0.717) is 0 Å². The lowest BCUT2D eigenvalue weighted by Crippen LogP contribution is -1.84. The van der Waals surface area contributed by atoms with Gasteiger partial charge in [-0.25, -0.2) is 0 Å². The second-order valence-corrected chi connectivity index (χ2v) is 3.34. The smallest absolute Gasteiger partial charge is 0.0408 e. The predicted octanol–water partition coefficient (Wildman–Crippen LogP) is 3.20. The topological polar surface area (TPSA) is 0 Å². The molecule has 0 aliphatic carbocycles. The SMILES string of the molecule is SCCCc1cccc(Cl)c1. The van der Waals surface area contributed by atoms with Gasteiger partial charge in [-0.05, 0) is 36.3 Å². The average molecular weight is 187 g/mol. The summed E-state index contributed by atoms with van der Waals surface area (Å²) in [7, 11) is 0. The number of halogens is 1. The predicted molar refractivity (Wildman–Crippen MR) is 53.6 cm³/mol. The highest BCUT2D eigenvalue weighted by Gasteiger charge is 1.92. The van der Waals surface area contributed by atoms with Crippen molar-refractivity contribution in [1.29, 1.82) is 0 Å². The maximum absolute atomic E-state index is 5.80. The van der Waals surface area contributed by atoms with Crippen LogP contribution >= 0.6 is 24.2 Å². The summed E-state index contributed by atoms with van der Waals surface area (Å²) in [5, 5.41) is 0.821. The molecule has 2 heteroatoms. The molecule has 0 aliphatic rings. The molecule has 0 aliphatic heterocycles. The largest absolute Gasteiger partial charge is 0.179 e. The van der Waals surface area contributed by atoms with Gasteiger partial charge in [0.1, 0.15) is 0 Å². The summed E-state index contributed by atoms with van der Waals surface area (Å²) < 4.78 is 0. The molecule has 11 heavy (non-hydrogen) atoms. The lowest BCUT2D eigenvalue weighted by Gasteiger charge is -1.98. The molecular weight excluding hydrogens is 176 g/mol. The lowest BCUT2D eigenvalue weighted by molar-refractivity contribution is 0.936. The minimum absolute atomic E-state index is 0.821. The van der Waals surface area contributed by atoms with Crippen LogP contribution in [0.4, 0.5) is 0 Å². The van der Waals surface area contributed by atoms with E-state index >= 15 is 0 Å². The second kappa shape index (κ2) is 4.68. The molecule has 0 heterocycles. The average Bonchev–Trinajstić information content (AvgIpc) is 2.01. The van der Waals surface area contributed by atoms with Crippen LogP contribution in [0.1, 0.15) is 12.0 Å². The number of thiol groups is 1. The van der Waals surface area contributed by atoms with Crippen molar-refractivity contribution in [3.63, 3.8) is 0 Å². The first kappa shape index (κ1) is 8.95. The Morgan fingerprint density at radius 1 is 1.36 bits per heavy atom. The van der Waals surface area contributed by atoms with Crippen molar-refractivity contribution in [2.45, 2.75) is 12.8 Å². The van der Waals surface area contributed by atoms with E-state index in [2.05, 4.69) is 18.7 Å². The molecular formula is C9H11ClS. The van der Waals surface area contributed by atoms with Crippen LogP contribution in [-0.4, -0.2) is 5.75 Å². The lowest BCUT2D eigenvalue weighted by atomic mass is 10.1. The van der Waals surface area contributed by atoms with Crippen LogP contribution in [0.5, 0.6) is 0 Å². The molecule has 0 nitrogen and oxygen atoms in total. The molecule has 0 N–H and O–H groups in total. The van der Waals surface area contributed by atoms with E-state index in [1.54, 1.807) is 0 Å². The van der Waals surface area contributed by atoms with E-state index in [9.17, 15) is 0 Å². The molecule has 0 unspecified atom stereocenters. The fraction of sp³-hybridized carbons (Fsp3) is 0.333. The van der Waals surface area contributed by atoms with E-state index < -0.39 is 0 Å². The monoisotopic (exact) mass is 186 g/mol. The maximum Gasteiger partial charge on any atom is 0.0408 e. The van der Waals surface area contributed by atoms with Crippen molar-refractivity contribution < 1.29 is 0 Å². The molecule has 0 bridgehead atoms. The molecule has 0 atom stereocenters. The van der Waals surface area contributed by atoms with Crippen LogP contribution in [0.2, 0.25) is 5.02 Å². The van der Waals surface area contributed by atoms with Gasteiger partial charge in [-0.1, -0.05) is 23.7 Å². The summed E-state index contributed by atoms with van der Waals surface area (Å²) in [4.78, 5) is 0. The molecule has 1 rings (SSSR count). The third kappa shape index (κ3) is 3.17. The molecule has 0 spiro atoms. The Balaban J connectivity index is 2.56. The molecule has 60 valence electrons. The van der Waals surface area contributed by atoms with Crippen LogP contribution in [0, 0.1) is 0 Å².